The fraction of sp³-hybridized carbons (Fsp3) is 0.889. The predicted molar refractivity (Wildman–Crippen MR) is 96.4 cm³/mol. The molecule has 0 aliphatic carbocycles. The molecule has 0 fully saturated rings. The van der Waals surface area contributed by atoms with E-state index in [-0.39, 0.29) is 11.9 Å². The SMILES string of the molecule is CCCCCCCC(=O)O[Si](C)(C)OC(=O)CCCCCCC. The first kappa shape index (κ1) is 22.2. The van der Waals surface area contributed by atoms with Crippen molar-refractivity contribution < 1.29 is 18.4 Å². The van der Waals surface area contributed by atoms with E-state index in [1.807, 2.05) is 0 Å². The normalized spacial score (nSPS) is 11.3. The van der Waals surface area contributed by atoms with E-state index in [1.54, 1.807) is 13.1 Å². The lowest BCUT2D eigenvalue weighted by Crippen LogP contribution is -2.39. The van der Waals surface area contributed by atoms with Gasteiger partial charge in [-0.05, 0) is 12.8 Å². The third-order valence-corrected chi connectivity index (χ3v) is 5.13. The number of rotatable bonds is 14. The zero-order valence-corrected chi connectivity index (χ0v) is 16.6. The van der Waals surface area contributed by atoms with Gasteiger partial charge in [-0.3, -0.25) is 9.59 Å². The summed E-state index contributed by atoms with van der Waals surface area (Å²) in [6.45, 7) is 7.86. The Morgan fingerprint density at radius 3 is 1.35 bits per heavy atom. The molecule has 0 spiro atoms. The largest absolute Gasteiger partial charge is 0.485 e. The number of hydrogen-bond acceptors (Lipinski definition) is 4. The van der Waals surface area contributed by atoms with Crippen LogP contribution in [0.5, 0.6) is 0 Å². The Morgan fingerprint density at radius 1 is 0.652 bits per heavy atom. The van der Waals surface area contributed by atoms with Crippen LogP contribution in [0.1, 0.15) is 90.9 Å². The monoisotopic (exact) mass is 344 g/mol. The molecule has 0 rings (SSSR count). The van der Waals surface area contributed by atoms with Gasteiger partial charge in [0.25, 0.3) is 11.9 Å². The molecule has 0 saturated carbocycles. The van der Waals surface area contributed by atoms with Crippen molar-refractivity contribution in [1.29, 1.82) is 0 Å². The standard InChI is InChI=1S/C18H36O4Si/c1-5-7-9-11-13-15-17(19)21-23(3,4)22-18(20)16-14-12-10-8-6-2/h5-16H2,1-4H3. The molecule has 4 nitrogen and oxygen atoms in total. The van der Waals surface area contributed by atoms with Crippen molar-refractivity contribution in [2.24, 2.45) is 0 Å². The first-order valence-corrected chi connectivity index (χ1v) is 12.2. The molecular weight excluding hydrogens is 308 g/mol. The van der Waals surface area contributed by atoms with Crippen LogP contribution in [-0.4, -0.2) is 20.5 Å². The molecule has 0 bridgehead atoms. The second kappa shape index (κ2) is 13.6. The van der Waals surface area contributed by atoms with Gasteiger partial charge in [0, 0.05) is 25.9 Å². The van der Waals surface area contributed by atoms with Crippen molar-refractivity contribution in [1.82, 2.24) is 0 Å². The third kappa shape index (κ3) is 14.5. The van der Waals surface area contributed by atoms with Crippen LogP contribution < -0.4 is 0 Å². The highest BCUT2D eigenvalue weighted by Gasteiger charge is 2.33. The molecule has 0 aliphatic rings. The van der Waals surface area contributed by atoms with E-state index in [1.165, 1.54) is 25.7 Å². The predicted octanol–water partition coefficient (Wildman–Crippen LogP) is 5.50. The van der Waals surface area contributed by atoms with Crippen molar-refractivity contribution >= 4 is 20.5 Å². The average Bonchev–Trinajstić information content (AvgIpc) is 2.45. The van der Waals surface area contributed by atoms with Gasteiger partial charge >= 0.3 is 8.56 Å². The van der Waals surface area contributed by atoms with Gasteiger partial charge < -0.3 is 8.85 Å². The van der Waals surface area contributed by atoms with Crippen molar-refractivity contribution in [3.05, 3.63) is 0 Å². The Morgan fingerprint density at radius 2 is 1.00 bits per heavy atom. The summed E-state index contributed by atoms with van der Waals surface area (Å²) < 4.78 is 10.8. The van der Waals surface area contributed by atoms with Crippen LogP contribution in [0.25, 0.3) is 0 Å². The van der Waals surface area contributed by atoms with Gasteiger partial charge in [0.2, 0.25) is 0 Å². The van der Waals surface area contributed by atoms with E-state index in [0.717, 1.165) is 38.5 Å². The van der Waals surface area contributed by atoms with E-state index in [9.17, 15) is 9.59 Å². The molecule has 0 aromatic rings. The Hall–Kier alpha value is -0.843. The van der Waals surface area contributed by atoms with Gasteiger partial charge in [-0.25, -0.2) is 0 Å². The first-order chi connectivity index (χ1) is 10.9. The number of unbranched alkanes of at least 4 members (excludes halogenated alkanes) is 8. The van der Waals surface area contributed by atoms with Crippen molar-refractivity contribution in [3.8, 4) is 0 Å². The minimum atomic E-state index is -2.68. The van der Waals surface area contributed by atoms with Crippen LogP contribution in [0.2, 0.25) is 13.1 Å². The molecule has 0 atom stereocenters. The average molecular weight is 345 g/mol. The van der Waals surface area contributed by atoms with Gasteiger partial charge in [-0.15, -0.1) is 0 Å². The number of carbonyl (C=O) groups excluding carboxylic acids is 2. The van der Waals surface area contributed by atoms with Gasteiger partial charge in [-0.1, -0.05) is 65.2 Å². The van der Waals surface area contributed by atoms with Gasteiger partial charge in [0.15, 0.2) is 0 Å². The van der Waals surface area contributed by atoms with Crippen LogP contribution in [0.15, 0.2) is 0 Å². The summed E-state index contributed by atoms with van der Waals surface area (Å²) >= 11 is 0. The lowest BCUT2D eigenvalue weighted by molar-refractivity contribution is -0.141. The highest BCUT2D eigenvalue weighted by Crippen LogP contribution is 2.13. The van der Waals surface area contributed by atoms with E-state index in [2.05, 4.69) is 13.8 Å². The third-order valence-electron chi connectivity index (χ3n) is 3.69. The summed E-state index contributed by atoms with van der Waals surface area (Å²) in [6.07, 6.45) is 11.8. The minimum absolute atomic E-state index is 0.228. The number of hydrogen-bond donors (Lipinski definition) is 0. The molecule has 5 heteroatoms. The maximum Gasteiger partial charge on any atom is 0.457 e. The summed E-state index contributed by atoms with van der Waals surface area (Å²) in [5.74, 6) is -0.456. The molecule has 0 aliphatic heterocycles. The second-order valence-electron chi connectivity index (χ2n) is 6.68. The topological polar surface area (TPSA) is 52.6 Å². The highest BCUT2D eigenvalue weighted by atomic mass is 28.4. The minimum Gasteiger partial charge on any atom is -0.485 e. The summed E-state index contributed by atoms with van der Waals surface area (Å²) in [5.41, 5.74) is 0. The summed E-state index contributed by atoms with van der Waals surface area (Å²) in [6, 6.07) is 0. The molecule has 0 aromatic carbocycles. The van der Waals surface area contributed by atoms with E-state index < -0.39 is 8.56 Å². The van der Waals surface area contributed by atoms with E-state index >= 15 is 0 Å². The van der Waals surface area contributed by atoms with Crippen LogP contribution in [-0.2, 0) is 18.4 Å². The molecule has 0 aromatic heterocycles. The lowest BCUT2D eigenvalue weighted by Gasteiger charge is -2.22. The second-order valence-corrected chi connectivity index (χ2v) is 9.88. The molecular formula is C18H36O4Si. The smallest absolute Gasteiger partial charge is 0.457 e. The van der Waals surface area contributed by atoms with Crippen LogP contribution in [0.3, 0.4) is 0 Å². The fourth-order valence-electron chi connectivity index (χ4n) is 2.42. The lowest BCUT2D eigenvalue weighted by atomic mass is 10.1. The summed E-state index contributed by atoms with van der Waals surface area (Å²) in [4.78, 5) is 23.7. The summed E-state index contributed by atoms with van der Waals surface area (Å²) in [7, 11) is -2.68. The maximum absolute atomic E-state index is 11.8. The van der Waals surface area contributed by atoms with Gasteiger partial charge in [0.05, 0.1) is 0 Å². The van der Waals surface area contributed by atoms with E-state index in [4.69, 9.17) is 8.85 Å². The van der Waals surface area contributed by atoms with Crippen molar-refractivity contribution in [3.63, 3.8) is 0 Å². The zero-order valence-electron chi connectivity index (χ0n) is 15.6. The Kier molecular flexibility index (Phi) is 13.1. The Balaban J connectivity index is 3.83. The van der Waals surface area contributed by atoms with Gasteiger partial charge in [0.1, 0.15) is 0 Å². The molecule has 23 heavy (non-hydrogen) atoms. The fourth-order valence-corrected chi connectivity index (χ4v) is 3.76. The molecule has 0 amide bonds. The Labute approximate surface area is 143 Å². The maximum atomic E-state index is 11.8. The Bertz CT molecular complexity index is 299. The summed E-state index contributed by atoms with van der Waals surface area (Å²) in [5, 5.41) is 0. The molecule has 136 valence electrons. The van der Waals surface area contributed by atoms with Crippen molar-refractivity contribution in [2.45, 2.75) is 104 Å². The molecule has 0 unspecified atom stereocenters. The number of carbonyl (C=O) groups is 2. The van der Waals surface area contributed by atoms with Crippen LogP contribution in [0, 0.1) is 0 Å². The van der Waals surface area contributed by atoms with Crippen molar-refractivity contribution in [2.75, 3.05) is 0 Å². The first-order valence-electron chi connectivity index (χ1n) is 9.35. The molecule has 0 N–H and O–H groups in total. The molecule has 0 heterocycles. The van der Waals surface area contributed by atoms with Crippen LogP contribution >= 0.6 is 0 Å². The molecule has 0 radical (unpaired) electrons. The molecule has 0 saturated heterocycles. The van der Waals surface area contributed by atoms with Gasteiger partial charge in [-0.2, -0.15) is 0 Å². The van der Waals surface area contributed by atoms with Crippen LogP contribution in [0.4, 0.5) is 0 Å². The highest BCUT2D eigenvalue weighted by molar-refractivity contribution is 6.67. The zero-order chi connectivity index (χ0) is 17.6. The van der Waals surface area contributed by atoms with E-state index in [0.29, 0.717) is 12.8 Å². The quantitative estimate of drug-likeness (QED) is 0.308.